The summed E-state index contributed by atoms with van der Waals surface area (Å²) in [7, 11) is 1.24. The predicted octanol–water partition coefficient (Wildman–Crippen LogP) is 4.47. The Kier molecular flexibility index (Phi) is 6.72. The molecule has 0 aliphatic rings. The zero-order valence-electron chi connectivity index (χ0n) is 15.6. The van der Waals surface area contributed by atoms with Gasteiger partial charge in [-0.15, -0.1) is 11.8 Å². The van der Waals surface area contributed by atoms with Crippen molar-refractivity contribution in [3.8, 4) is 5.75 Å². The van der Waals surface area contributed by atoms with E-state index < -0.39 is 28.9 Å². The van der Waals surface area contributed by atoms with Crippen LogP contribution in [0, 0.1) is 5.82 Å². The van der Waals surface area contributed by atoms with Gasteiger partial charge in [-0.2, -0.15) is 0 Å². The minimum Gasteiger partial charge on any atom is -0.502 e. The van der Waals surface area contributed by atoms with Crippen LogP contribution < -0.4 is 5.43 Å². The first-order valence-electron chi connectivity index (χ1n) is 8.84. The van der Waals surface area contributed by atoms with E-state index in [1.807, 2.05) is 30.3 Å². The molecule has 0 saturated heterocycles. The van der Waals surface area contributed by atoms with Crippen molar-refractivity contribution in [2.45, 2.75) is 23.0 Å². The lowest BCUT2D eigenvalue weighted by Crippen LogP contribution is -2.14. The molecule has 0 spiro atoms. The molecule has 1 aromatic heterocycles. The summed E-state index contributed by atoms with van der Waals surface area (Å²) in [5.41, 5.74) is -0.0880. The molecule has 0 saturated carbocycles. The van der Waals surface area contributed by atoms with Crippen LogP contribution in [0.1, 0.15) is 29.4 Å². The van der Waals surface area contributed by atoms with Gasteiger partial charge in [-0.1, -0.05) is 30.3 Å². The number of aromatic hydroxyl groups is 1. The molecule has 1 atom stereocenters. The Bertz CT molecular complexity index is 1030. The Morgan fingerprint density at radius 3 is 2.52 bits per heavy atom. The van der Waals surface area contributed by atoms with Crippen molar-refractivity contribution in [2.75, 3.05) is 7.11 Å². The highest BCUT2D eigenvalue weighted by molar-refractivity contribution is 7.98. The summed E-state index contributed by atoms with van der Waals surface area (Å²) in [5.74, 6) is -1.68. The smallest absolute Gasteiger partial charge is 0.306 e. The maximum absolute atomic E-state index is 13.3. The molecule has 1 unspecified atom stereocenters. The number of rotatable bonds is 7. The third-order valence-corrected chi connectivity index (χ3v) is 5.35. The van der Waals surface area contributed by atoms with E-state index in [1.165, 1.54) is 49.2 Å². The molecule has 0 bridgehead atoms. The number of hydrogen-bond donors (Lipinski definition) is 1. The molecule has 5 nitrogen and oxygen atoms in total. The second kappa shape index (κ2) is 9.43. The maximum atomic E-state index is 13.3. The molecule has 3 aromatic rings. The van der Waals surface area contributed by atoms with Gasteiger partial charge in [0.25, 0.3) is 0 Å². The second-order valence-electron chi connectivity index (χ2n) is 6.28. The van der Waals surface area contributed by atoms with Crippen LogP contribution in [0.4, 0.5) is 4.39 Å². The molecule has 0 fully saturated rings. The van der Waals surface area contributed by atoms with Crippen LogP contribution in [0.15, 0.2) is 74.8 Å². The molecule has 0 radical (unpaired) electrons. The van der Waals surface area contributed by atoms with Gasteiger partial charge in [-0.25, -0.2) is 4.39 Å². The first-order chi connectivity index (χ1) is 14.0. The van der Waals surface area contributed by atoms with Crippen LogP contribution in [0.2, 0.25) is 0 Å². The van der Waals surface area contributed by atoms with Crippen LogP contribution in [-0.4, -0.2) is 18.2 Å². The molecule has 150 valence electrons. The van der Waals surface area contributed by atoms with Crippen LogP contribution in [0.3, 0.4) is 0 Å². The van der Waals surface area contributed by atoms with E-state index in [0.717, 1.165) is 4.90 Å². The number of carbonyl (C=O) groups is 1. The fraction of sp³-hybridized carbons (Fsp3) is 0.182. The standard InChI is InChI=1S/C22H19FO5S/c1-27-20(25)12-18(14-7-9-15(23)10-8-14)22-21(26)19(24)11-16(28-22)13-29-17-5-3-2-4-6-17/h2-11,18,26H,12-13H2,1H3. The number of thioether (sulfide) groups is 1. The number of carbonyl (C=O) groups excluding carboxylic acids is 1. The van der Waals surface area contributed by atoms with Gasteiger partial charge in [0, 0.05) is 11.0 Å². The van der Waals surface area contributed by atoms with Crippen molar-refractivity contribution in [1.82, 2.24) is 0 Å². The number of esters is 1. The van der Waals surface area contributed by atoms with Crippen LogP contribution in [0.5, 0.6) is 5.75 Å². The van der Waals surface area contributed by atoms with E-state index in [9.17, 15) is 19.1 Å². The highest BCUT2D eigenvalue weighted by Crippen LogP contribution is 2.34. The Hall–Kier alpha value is -3.06. The van der Waals surface area contributed by atoms with E-state index in [0.29, 0.717) is 17.1 Å². The molecule has 0 amide bonds. The van der Waals surface area contributed by atoms with Crippen molar-refractivity contribution >= 4 is 17.7 Å². The van der Waals surface area contributed by atoms with E-state index in [-0.39, 0.29) is 12.2 Å². The average Bonchev–Trinajstić information content (AvgIpc) is 2.74. The fourth-order valence-corrected chi connectivity index (χ4v) is 3.64. The average molecular weight is 414 g/mol. The SMILES string of the molecule is COC(=O)CC(c1ccc(F)cc1)c1oc(CSc2ccccc2)cc(=O)c1O. The molecule has 1 heterocycles. The molecule has 3 rings (SSSR count). The first-order valence-corrected chi connectivity index (χ1v) is 9.82. The Labute approximate surface area is 171 Å². The van der Waals surface area contributed by atoms with Crippen LogP contribution in [0.25, 0.3) is 0 Å². The summed E-state index contributed by atoms with van der Waals surface area (Å²) in [6.07, 6.45) is -0.173. The van der Waals surface area contributed by atoms with Crippen molar-refractivity contribution < 1.29 is 23.4 Å². The summed E-state index contributed by atoms with van der Waals surface area (Å²) >= 11 is 1.47. The van der Waals surface area contributed by atoms with Gasteiger partial charge in [0.2, 0.25) is 11.2 Å². The van der Waals surface area contributed by atoms with E-state index in [4.69, 9.17) is 9.15 Å². The van der Waals surface area contributed by atoms with Gasteiger partial charge in [0.1, 0.15) is 11.6 Å². The topological polar surface area (TPSA) is 76.7 Å². The van der Waals surface area contributed by atoms with Crippen molar-refractivity contribution in [3.63, 3.8) is 0 Å². The number of methoxy groups -OCH3 is 1. The highest BCUT2D eigenvalue weighted by Gasteiger charge is 2.26. The zero-order chi connectivity index (χ0) is 20.8. The lowest BCUT2D eigenvalue weighted by molar-refractivity contribution is -0.140. The first kappa shape index (κ1) is 20.7. The molecule has 0 aliphatic heterocycles. The van der Waals surface area contributed by atoms with Gasteiger partial charge in [-0.05, 0) is 29.8 Å². The van der Waals surface area contributed by atoms with Gasteiger partial charge in [0.05, 0.1) is 25.2 Å². The van der Waals surface area contributed by atoms with Gasteiger partial charge >= 0.3 is 5.97 Å². The maximum Gasteiger partial charge on any atom is 0.306 e. The number of halogens is 1. The van der Waals surface area contributed by atoms with Gasteiger partial charge < -0.3 is 14.3 Å². The number of ether oxygens (including phenoxy) is 1. The number of hydrogen-bond acceptors (Lipinski definition) is 6. The molecular formula is C22H19FO5S. The van der Waals surface area contributed by atoms with Crippen molar-refractivity contribution in [2.24, 2.45) is 0 Å². The third kappa shape index (κ3) is 5.26. The summed E-state index contributed by atoms with van der Waals surface area (Å²) in [5, 5.41) is 10.3. The van der Waals surface area contributed by atoms with E-state index in [1.54, 1.807) is 0 Å². The summed E-state index contributed by atoms with van der Waals surface area (Å²) < 4.78 is 23.9. The largest absolute Gasteiger partial charge is 0.502 e. The van der Waals surface area contributed by atoms with Crippen LogP contribution >= 0.6 is 11.8 Å². The third-order valence-electron chi connectivity index (χ3n) is 4.31. The second-order valence-corrected chi connectivity index (χ2v) is 7.32. The van der Waals surface area contributed by atoms with Gasteiger partial charge in [-0.3, -0.25) is 9.59 Å². The highest BCUT2D eigenvalue weighted by atomic mass is 32.2. The van der Waals surface area contributed by atoms with Crippen molar-refractivity contribution in [3.05, 3.63) is 93.8 Å². The molecule has 0 aliphatic carbocycles. The lowest BCUT2D eigenvalue weighted by Gasteiger charge is -2.17. The Balaban J connectivity index is 1.97. The summed E-state index contributed by atoms with van der Waals surface area (Å²) in [6, 6.07) is 16.3. The lowest BCUT2D eigenvalue weighted by atomic mass is 9.92. The Morgan fingerprint density at radius 1 is 1.17 bits per heavy atom. The van der Waals surface area contributed by atoms with E-state index in [2.05, 4.69) is 0 Å². The van der Waals surface area contributed by atoms with E-state index >= 15 is 0 Å². The van der Waals surface area contributed by atoms with Gasteiger partial charge in [0.15, 0.2) is 5.76 Å². The fourth-order valence-electron chi connectivity index (χ4n) is 2.84. The minimum atomic E-state index is -0.794. The van der Waals surface area contributed by atoms with Crippen LogP contribution in [-0.2, 0) is 15.3 Å². The normalized spacial score (nSPS) is 11.8. The molecule has 1 N–H and O–H groups in total. The monoisotopic (exact) mass is 414 g/mol. The zero-order valence-corrected chi connectivity index (χ0v) is 16.4. The predicted molar refractivity (Wildman–Crippen MR) is 108 cm³/mol. The Morgan fingerprint density at radius 2 is 1.86 bits per heavy atom. The summed E-state index contributed by atoms with van der Waals surface area (Å²) in [4.78, 5) is 25.2. The molecule has 2 aromatic carbocycles. The molecule has 29 heavy (non-hydrogen) atoms. The molecule has 7 heteroatoms. The molecular weight excluding hydrogens is 395 g/mol. The summed E-state index contributed by atoms with van der Waals surface area (Å²) in [6.45, 7) is 0. The quantitative estimate of drug-likeness (QED) is 0.454. The van der Waals surface area contributed by atoms with Crippen molar-refractivity contribution in [1.29, 1.82) is 0 Å². The minimum absolute atomic E-state index is 0.0434. The number of benzene rings is 2.